The highest BCUT2D eigenvalue weighted by atomic mass is 16.7. The zero-order chi connectivity index (χ0) is 13.0. The summed E-state index contributed by atoms with van der Waals surface area (Å²) in [5.74, 6) is -0.526. The van der Waals surface area contributed by atoms with Gasteiger partial charge >= 0.3 is 0 Å². The van der Waals surface area contributed by atoms with Gasteiger partial charge in [0.2, 0.25) is 5.91 Å². The third-order valence-electron chi connectivity index (χ3n) is 2.33. The van der Waals surface area contributed by atoms with Crippen molar-refractivity contribution in [3.05, 3.63) is 0 Å². The lowest BCUT2D eigenvalue weighted by Crippen LogP contribution is -2.57. The molecule has 1 rings (SSSR count). The van der Waals surface area contributed by atoms with Gasteiger partial charge in [-0.25, -0.2) is 4.99 Å². The Bertz CT molecular complexity index is 310. The van der Waals surface area contributed by atoms with Crippen molar-refractivity contribution in [2.75, 3.05) is 6.61 Å². The zero-order valence-electron chi connectivity index (χ0n) is 9.74. The highest BCUT2D eigenvalue weighted by Gasteiger charge is 2.42. The third-order valence-corrected chi connectivity index (χ3v) is 2.33. The van der Waals surface area contributed by atoms with Crippen LogP contribution in [0.5, 0.6) is 0 Å². The summed E-state index contributed by atoms with van der Waals surface area (Å²) in [7, 11) is 0.280. The van der Waals surface area contributed by atoms with E-state index in [1.165, 1.54) is 6.92 Å². The van der Waals surface area contributed by atoms with Crippen LogP contribution >= 0.6 is 0 Å². The van der Waals surface area contributed by atoms with Gasteiger partial charge in [0.1, 0.15) is 24.0 Å². The lowest BCUT2D eigenvalue weighted by Gasteiger charge is -2.37. The molecule has 1 heterocycles. The van der Waals surface area contributed by atoms with Crippen LogP contribution in [0.1, 0.15) is 6.92 Å². The second-order valence-corrected chi connectivity index (χ2v) is 3.64. The minimum Gasteiger partial charge on any atom is -0.412 e. The first-order valence-corrected chi connectivity index (χ1v) is 5.34. The Morgan fingerprint density at radius 2 is 2.24 bits per heavy atom. The van der Waals surface area contributed by atoms with Crippen LogP contribution in [-0.4, -0.2) is 65.6 Å². The smallest absolute Gasteiger partial charge is 0.275 e. The number of carbonyl (C=O) groups excluding carboxylic acids is 1. The lowest BCUT2D eigenvalue weighted by molar-refractivity contribution is -0.173. The molecule has 96 valence electrons. The molecule has 4 atom stereocenters. The van der Waals surface area contributed by atoms with E-state index in [0.29, 0.717) is 0 Å². The van der Waals surface area contributed by atoms with Crippen LogP contribution in [0.3, 0.4) is 0 Å². The molecule has 7 nitrogen and oxygen atoms in total. The summed E-state index contributed by atoms with van der Waals surface area (Å²) in [5, 5.41) is 28.4. The average Bonchev–Trinajstić information content (AvgIpc) is 2.28. The number of nitrogens with zero attached hydrogens (tertiary/aromatic N) is 1. The Morgan fingerprint density at radius 1 is 1.59 bits per heavy atom. The molecule has 0 unspecified atom stereocenters. The second-order valence-electron chi connectivity index (χ2n) is 3.64. The van der Waals surface area contributed by atoms with Gasteiger partial charge in [-0.1, -0.05) is 6.82 Å². The normalized spacial score (nSPS) is 35.9. The van der Waals surface area contributed by atoms with E-state index in [-0.39, 0.29) is 13.2 Å². The number of hydrogen-bond acceptors (Lipinski definition) is 6. The summed E-state index contributed by atoms with van der Waals surface area (Å²) in [6.45, 7) is 2.46. The van der Waals surface area contributed by atoms with Gasteiger partial charge in [-0.3, -0.25) is 4.79 Å². The molecule has 1 saturated heterocycles. The molecule has 0 aromatic heterocycles. The molecule has 8 heteroatoms. The van der Waals surface area contributed by atoms with E-state index in [9.17, 15) is 15.0 Å². The summed E-state index contributed by atoms with van der Waals surface area (Å²) in [5.41, 5.74) is -0.0726. The van der Waals surface area contributed by atoms with Crippen molar-refractivity contribution in [2.45, 2.75) is 38.3 Å². The molecule has 3 N–H and O–H groups in total. The van der Waals surface area contributed by atoms with Gasteiger partial charge in [0.15, 0.2) is 6.29 Å². The maximum Gasteiger partial charge on any atom is 0.275 e. The standard InChI is InChI=1S/C9H16BNO6/c1-4(13)11-6-8(15)7(14)5(3-12)16-9(6)17-10-2/h5,7-10,12,14-15H,3H2,1-2H3/b11-6-/t5-,7+,8-,9+/m1/s1. The SMILES string of the molecule is CBO[C@@H]1O[C@H](CO)[C@H](O)[C@H](O)/C1=N/C(C)=O. The molecular weight excluding hydrogens is 229 g/mol. The Hall–Kier alpha value is -0.795. The van der Waals surface area contributed by atoms with Crippen LogP contribution in [0.4, 0.5) is 0 Å². The molecule has 0 aliphatic carbocycles. The number of aliphatic hydroxyl groups excluding tert-OH is 3. The van der Waals surface area contributed by atoms with Gasteiger partial charge < -0.3 is 24.7 Å². The maximum atomic E-state index is 10.9. The van der Waals surface area contributed by atoms with Crippen LogP contribution in [0.2, 0.25) is 6.82 Å². The lowest BCUT2D eigenvalue weighted by atomic mass is 9.98. The van der Waals surface area contributed by atoms with Crippen molar-refractivity contribution >= 4 is 19.1 Å². The van der Waals surface area contributed by atoms with Crippen molar-refractivity contribution in [1.29, 1.82) is 0 Å². The number of carbonyl (C=O) groups is 1. The second kappa shape index (κ2) is 6.22. The average molecular weight is 245 g/mol. The predicted molar refractivity (Wildman–Crippen MR) is 60.0 cm³/mol. The molecule has 1 fully saturated rings. The first kappa shape index (κ1) is 14.3. The Labute approximate surface area is 99.3 Å². The van der Waals surface area contributed by atoms with E-state index < -0.39 is 37.1 Å². The number of ether oxygens (including phenoxy) is 1. The highest BCUT2D eigenvalue weighted by molar-refractivity contribution is 6.25. The summed E-state index contributed by atoms with van der Waals surface area (Å²) in [6, 6.07) is 0. The molecule has 0 saturated carbocycles. The number of hydrogen-bond donors (Lipinski definition) is 3. The van der Waals surface area contributed by atoms with Gasteiger partial charge in [-0.15, -0.1) is 0 Å². The molecule has 0 radical (unpaired) electrons. The van der Waals surface area contributed by atoms with Crippen molar-refractivity contribution in [3.63, 3.8) is 0 Å². The fraction of sp³-hybridized carbons (Fsp3) is 0.778. The monoisotopic (exact) mass is 245 g/mol. The Kier molecular flexibility index (Phi) is 5.22. The van der Waals surface area contributed by atoms with E-state index in [2.05, 4.69) is 4.99 Å². The van der Waals surface area contributed by atoms with Crippen LogP contribution in [0.25, 0.3) is 0 Å². The summed E-state index contributed by atoms with van der Waals surface area (Å²) < 4.78 is 10.4. The van der Waals surface area contributed by atoms with Gasteiger partial charge in [0.05, 0.1) is 6.61 Å². The molecule has 1 amide bonds. The van der Waals surface area contributed by atoms with E-state index >= 15 is 0 Å². The molecule has 1 aliphatic heterocycles. The molecule has 0 aromatic rings. The van der Waals surface area contributed by atoms with E-state index in [0.717, 1.165) is 0 Å². The van der Waals surface area contributed by atoms with Gasteiger partial charge in [0, 0.05) is 6.92 Å². The quantitative estimate of drug-likeness (QED) is 0.488. The maximum absolute atomic E-state index is 10.9. The van der Waals surface area contributed by atoms with Crippen LogP contribution in [0, 0.1) is 0 Å². The first-order valence-electron chi connectivity index (χ1n) is 5.34. The summed E-state index contributed by atoms with van der Waals surface area (Å²) in [4.78, 5) is 14.5. The Balaban J connectivity index is 2.94. The highest BCUT2D eigenvalue weighted by Crippen LogP contribution is 2.19. The first-order chi connectivity index (χ1) is 8.01. The third kappa shape index (κ3) is 3.33. The van der Waals surface area contributed by atoms with Gasteiger partial charge in [-0.05, 0) is 0 Å². The van der Waals surface area contributed by atoms with Gasteiger partial charge in [-0.2, -0.15) is 0 Å². The van der Waals surface area contributed by atoms with E-state index in [4.69, 9.17) is 14.5 Å². The molecule has 0 aromatic carbocycles. The molecule has 17 heavy (non-hydrogen) atoms. The summed E-state index contributed by atoms with van der Waals surface area (Å²) >= 11 is 0. The number of aliphatic hydroxyl groups is 3. The minimum absolute atomic E-state index is 0.0726. The van der Waals surface area contributed by atoms with Crippen molar-refractivity contribution < 1.29 is 29.5 Å². The van der Waals surface area contributed by atoms with Crippen molar-refractivity contribution in [1.82, 2.24) is 0 Å². The minimum atomic E-state index is -1.39. The van der Waals surface area contributed by atoms with Crippen LogP contribution < -0.4 is 0 Å². The van der Waals surface area contributed by atoms with Crippen LogP contribution in [0.15, 0.2) is 4.99 Å². The zero-order valence-corrected chi connectivity index (χ0v) is 9.74. The van der Waals surface area contributed by atoms with E-state index in [1.54, 1.807) is 6.82 Å². The molecular formula is C9H16BNO6. The van der Waals surface area contributed by atoms with Gasteiger partial charge in [0.25, 0.3) is 7.48 Å². The number of aliphatic imine (C=N–C) groups is 1. The number of rotatable bonds is 3. The Morgan fingerprint density at radius 3 is 2.71 bits per heavy atom. The summed E-state index contributed by atoms with van der Waals surface area (Å²) in [6.07, 6.45) is -4.72. The molecule has 0 bridgehead atoms. The fourth-order valence-corrected chi connectivity index (χ4v) is 1.55. The number of amides is 1. The molecule has 0 spiro atoms. The van der Waals surface area contributed by atoms with Crippen LogP contribution in [-0.2, 0) is 14.2 Å². The van der Waals surface area contributed by atoms with Crippen molar-refractivity contribution in [3.8, 4) is 0 Å². The topological polar surface area (TPSA) is 109 Å². The molecule has 1 aliphatic rings. The largest absolute Gasteiger partial charge is 0.412 e. The van der Waals surface area contributed by atoms with E-state index in [1.807, 2.05) is 0 Å². The van der Waals surface area contributed by atoms with Crippen molar-refractivity contribution in [2.24, 2.45) is 4.99 Å². The fourth-order valence-electron chi connectivity index (χ4n) is 1.55. The predicted octanol–water partition coefficient (Wildman–Crippen LogP) is -2.17.